The predicted octanol–water partition coefficient (Wildman–Crippen LogP) is 4.78. The summed E-state index contributed by atoms with van der Waals surface area (Å²) in [6.07, 6.45) is 1.72. The smallest absolute Gasteiger partial charge is 0.312 e. The summed E-state index contributed by atoms with van der Waals surface area (Å²) in [6.45, 7) is 0. The van der Waals surface area contributed by atoms with E-state index >= 15 is 0 Å². The van der Waals surface area contributed by atoms with Gasteiger partial charge in [-0.05, 0) is 48.0 Å². The minimum absolute atomic E-state index is 0.120. The molecule has 3 aromatic carbocycles. The molecular formula is C28H24O8. The summed E-state index contributed by atoms with van der Waals surface area (Å²) in [7, 11) is 6.15. The molecule has 2 aliphatic heterocycles. The van der Waals surface area contributed by atoms with Crippen molar-refractivity contribution in [2.45, 2.75) is 12.3 Å². The third kappa shape index (κ3) is 3.80. The molecule has 0 spiro atoms. The number of methoxy groups -OCH3 is 4. The quantitative estimate of drug-likeness (QED) is 0.278. The van der Waals surface area contributed by atoms with E-state index in [9.17, 15) is 9.59 Å². The average Bonchev–Trinajstić information content (AvgIpc) is 3.22. The van der Waals surface area contributed by atoms with Crippen molar-refractivity contribution in [3.63, 3.8) is 0 Å². The largest absolute Gasteiger partial charge is 0.497 e. The number of fused-ring (bicyclic) bond motifs is 3. The monoisotopic (exact) mass is 488 g/mol. The Hall–Kier alpha value is -4.46. The van der Waals surface area contributed by atoms with Crippen molar-refractivity contribution in [3.05, 3.63) is 76.5 Å². The molecule has 3 aromatic rings. The molecular weight excluding hydrogens is 464 g/mol. The molecule has 1 atom stereocenters. The number of hydrogen-bond donors (Lipinski definition) is 0. The first-order chi connectivity index (χ1) is 17.5. The lowest BCUT2D eigenvalue weighted by atomic mass is 9.84. The summed E-state index contributed by atoms with van der Waals surface area (Å²) >= 11 is 0. The molecule has 5 rings (SSSR count). The molecule has 0 amide bonds. The third-order valence-electron chi connectivity index (χ3n) is 6.32. The van der Waals surface area contributed by atoms with Crippen LogP contribution in [0.5, 0.6) is 34.5 Å². The summed E-state index contributed by atoms with van der Waals surface area (Å²) in [5.41, 5.74) is 2.53. The van der Waals surface area contributed by atoms with Crippen LogP contribution in [0.3, 0.4) is 0 Å². The zero-order chi connectivity index (χ0) is 25.4. The molecule has 0 fully saturated rings. The van der Waals surface area contributed by atoms with E-state index in [4.69, 9.17) is 28.4 Å². The van der Waals surface area contributed by atoms with E-state index in [1.165, 1.54) is 21.3 Å². The second-order valence-electron chi connectivity index (χ2n) is 8.22. The van der Waals surface area contributed by atoms with E-state index in [2.05, 4.69) is 0 Å². The fourth-order valence-electron chi connectivity index (χ4n) is 4.61. The van der Waals surface area contributed by atoms with Gasteiger partial charge in [0.25, 0.3) is 0 Å². The average molecular weight is 488 g/mol. The van der Waals surface area contributed by atoms with Crippen molar-refractivity contribution >= 4 is 17.8 Å². The summed E-state index contributed by atoms with van der Waals surface area (Å²) < 4.78 is 33.3. The van der Waals surface area contributed by atoms with E-state index in [0.717, 1.165) is 5.56 Å². The number of carbonyl (C=O) groups is 2. The number of benzene rings is 3. The third-order valence-corrected chi connectivity index (χ3v) is 6.32. The molecule has 184 valence electrons. The van der Waals surface area contributed by atoms with Gasteiger partial charge in [0.15, 0.2) is 17.3 Å². The summed E-state index contributed by atoms with van der Waals surface area (Å²) in [5.74, 6) is 1.92. The minimum atomic E-state index is -0.349. The van der Waals surface area contributed by atoms with Crippen LogP contribution in [0.4, 0.5) is 0 Å². The maximum absolute atomic E-state index is 13.3. The van der Waals surface area contributed by atoms with Crippen LogP contribution in [-0.2, 0) is 4.79 Å². The second-order valence-corrected chi connectivity index (χ2v) is 8.22. The van der Waals surface area contributed by atoms with Crippen LogP contribution < -0.4 is 28.4 Å². The topological polar surface area (TPSA) is 89.5 Å². The number of esters is 1. The molecule has 2 aliphatic rings. The molecule has 0 N–H and O–H groups in total. The minimum Gasteiger partial charge on any atom is -0.497 e. The normalized spacial score (nSPS) is 17.1. The van der Waals surface area contributed by atoms with Gasteiger partial charge in [0.2, 0.25) is 11.5 Å². The molecule has 0 radical (unpaired) electrons. The Kier molecular flexibility index (Phi) is 6.01. The lowest BCUT2D eigenvalue weighted by Gasteiger charge is -2.26. The Bertz CT molecular complexity index is 1390. The van der Waals surface area contributed by atoms with Crippen LogP contribution >= 0.6 is 0 Å². The highest BCUT2D eigenvalue weighted by molar-refractivity contribution is 6.15. The van der Waals surface area contributed by atoms with Crippen LogP contribution in [0.25, 0.3) is 6.08 Å². The lowest BCUT2D eigenvalue weighted by molar-refractivity contribution is -0.135. The number of hydrogen-bond acceptors (Lipinski definition) is 8. The van der Waals surface area contributed by atoms with Crippen molar-refractivity contribution in [2.24, 2.45) is 0 Å². The second kappa shape index (κ2) is 9.30. The van der Waals surface area contributed by atoms with E-state index in [0.29, 0.717) is 51.2 Å². The molecule has 0 aliphatic carbocycles. The van der Waals surface area contributed by atoms with Gasteiger partial charge in [0, 0.05) is 17.0 Å². The van der Waals surface area contributed by atoms with Crippen molar-refractivity contribution in [2.75, 3.05) is 28.4 Å². The fraction of sp³-hybridized carbons (Fsp3) is 0.214. The zero-order valence-corrected chi connectivity index (χ0v) is 20.2. The Morgan fingerprint density at radius 2 is 1.56 bits per heavy atom. The van der Waals surface area contributed by atoms with Crippen LogP contribution in [0.15, 0.2) is 54.3 Å². The molecule has 0 saturated heterocycles. The molecule has 0 bridgehead atoms. The standard InChI is InChI=1S/C28H24O8/c1-31-17-8-5-15(6-9-17)19-14-23(29)35-20-12-10-18-25(30)22(36-27(18)24(19)20)13-16-7-11-21(32-2)28(34-4)26(16)33-3/h5-13,19H,14H2,1-4H3/b22-13-/t19-/m1/s1. The maximum Gasteiger partial charge on any atom is 0.312 e. The Morgan fingerprint density at radius 3 is 2.22 bits per heavy atom. The van der Waals surface area contributed by atoms with Gasteiger partial charge in [0.1, 0.15) is 17.2 Å². The first kappa shape index (κ1) is 23.3. The first-order valence-corrected chi connectivity index (χ1v) is 11.2. The van der Waals surface area contributed by atoms with Gasteiger partial charge in [-0.1, -0.05) is 12.1 Å². The van der Waals surface area contributed by atoms with E-state index in [-0.39, 0.29) is 29.9 Å². The molecule has 36 heavy (non-hydrogen) atoms. The van der Waals surface area contributed by atoms with Crippen molar-refractivity contribution in [1.82, 2.24) is 0 Å². The Labute approximate surface area is 207 Å². The molecule has 2 heterocycles. The maximum atomic E-state index is 13.3. The number of allylic oxidation sites excluding steroid dienone is 1. The van der Waals surface area contributed by atoms with Gasteiger partial charge in [-0.25, -0.2) is 0 Å². The van der Waals surface area contributed by atoms with E-state index in [1.807, 2.05) is 24.3 Å². The molecule has 0 saturated carbocycles. The molecule has 0 unspecified atom stereocenters. The highest BCUT2D eigenvalue weighted by Gasteiger charge is 2.38. The van der Waals surface area contributed by atoms with E-state index < -0.39 is 0 Å². The summed E-state index contributed by atoms with van der Waals surface area (Å²) in [4.78, 5) is 25.7. The van der Waals surface area contributed by atoms with Gasteiger partial charge >= 0.3 is 5.97 Å². The van der Waals surface area contributed by atoms with Crippen molar-refractivity contribution < 1.29 is 38.0 Å². The number of Topliss-reactive ketones (excluding diaryl/α,β-unsaturated/α-hetero) is 1. The van der Waals surface area contributed by atoms with Gasteiger partial charge in [-0.15, -0.1) is 0 Å². The zero-order valence-electron chi connectivity index (χ0n) is 20.2. The van der Waals surface area contributed by atoms with Gasteiger partial charge in [-0.3, -0.25) is 9.59 Å². The summed E-state index contributed by atoms with van der Waals surface area (Å²) in [6, 6.07) is 14.2. The van der Waals surface area contributed by atoms with Gasteiger partial charge in [0.05, 0.1) is 40.4 Å². The predicted molar refractivity (Wildman–Crippen MR) is 131 cm³/mol. The molecule has 8 heteroatoms. The van der Waals surface area contributed by atoms with Crippen LogP contribution in [-0.4, -0.2) is 40.2 Å². The van der Waals surface area contributed by atoms with Gasteiger partial charge in [-0.2, -0.15) is 0 Å². The van der Waals surface area contributed by atoms with Crippen LogP contribution in [0.1, 0.15) is 39.4 Å². The number of rotatable bonds is 6. The van der Waals surface area contributed by atoms with Crippen molar-refractivity contribution in [3.8, 4) is 34.5 Å². The highest BCUT2D eigenvalue weighted by Crippen LogP contribution is 2.49. The molecule has 0 aromatic heterocycles. The van der Waals surface area contributed by atoms with Crippen molar-refractivity contribution in [1.29, 1.82) is 0 Å². The SMILES string of the molecule is COc1ccc([C@H]2CC(=O)Oc3ccc4c(c32)O/C(=C\c2ccc(OC)c(OC)c2OC)C4=O)cc1. The van der Waals surface area contributed by atoms with Gasteiger partial charge < -0.3 is 28.4 Å². The fourth-order valence-corrected chi connectivity index (χ4v) is 4.61. The number of carbonyl (C=O) groups excluding carboxylic acids is 2. The summed E-state index contributed by atoms with van der Waals surface area (Å²) in [5, 5.41) is 0. The van der Waals surface area contributed by atoms with E-state index in [1.54, 1.807) is 37.5 Å². The first-order valence-electron chi connectivity index (χ1n) is 11.2. The van der Waals surface area contributed by atoms with Crippen LogP contribution in [0.2, 0.25) is 0 Å². The Balaban J connectivity index is 1.59. The number of ether oxygens (including phenoxy) is 6. The number of ketones is 1. The molecule has 8 nitrogen and oxygen atoms in total. The highest BCUT2D eigenvalue weighted by atomic mass is 16.5. The Morgan fingerprint density at radius 1 is 0.806 bits per heavy atom. The lowest BCUT2D eigenvalue weighted by Crippen LogP contribution is -2.21. The van der Waals surface area contributed by atoms with Crippen LogP contribution in [0, 0.1) is 0 Å².